The van der Waals surface area contributed by atoms with Crippen molar-refractivity contribution in [2.24, 2.45) is 7.05 Å². The van der Waals surface area contributed by atoms with E-state index in [9.17, 15) is 4.39 Å². The van der Waals surface area contributed by atoms with Gasteiger partial charge < -0.3 is 5.32 Å². The summed E-state index contributed by atoms with van der Waals surface area (Å²) < 4.78 is 15.3. The van der Waals surface area contributed by atoms with Crippen LogP contribution in [0.5, 0.6) is 0 Å². The van der Waals surface area contributed by atoms with Gasteiger partial charge in [-0.25, -0.2) is 4.39 Å². The minimum Gasteiger partial charge on any atom is -0.309 e. The highest BCUT2D eigenvalue weighted by molar-refractivity contribution is 5.28. The average molecular weight is 220 g/mol. The highest BCUT2D eigenvalue weighted by Crippen LogP contribution is 2.22. The van der Waals surface area contributed by atoms with Crippen LogP contribution in [0.25, 0.3) is 0 Å². The molecule has 0 aliphatic rings. The summed E-state index contributed by atoms with van der Waals surface area (Å²) >= 11 is 0. The van der Waals surface area contributed by atoms with Gasteiger partial charge in [0.25, 0.3) is 0 Å². The molecule has 0 aliphatic carbocycles. The summed E-state index contributed by atoms with van der Waals surface area (Å²) in [5, 5.41) is 7.15. The van der Waals surface area contributed by atoms with Crippen LogP contribution in [-0.4, -0.2) is 21.8 Å². The Balaban J connectivity index is 2.40. The van der Waals surface area contributed by atoms with Gasteiger partial charge in [0.15, 0.2) is 0 Å². The van der Waals surface area contributed by atoms with Gasteiger partial charge in [0, 0.05) is 30.6 Å². The van der Waals surface area contributed by atoms with Gasteiger partial charge in [0.2, 0.25) is 0 Å². The molecule has 0 saturated carbocycles. The molecule has 0 spiro atoms. The van der Waals surface area contributed by atoms with E-state index < -0.39 is 0 Å². The lowest BCUT2D eigenvalue weighted by Gasteiger charge is -2.15. The number of nitrogens with zero attached hydrogens (tertiary/aromatic N) is 3. The van der Waals surface area contributed by atoms with Crippen LogP contribution < -0.4 is 5.32 Å². The molecular weight excluding hydrogens is 207 g/mol. The third kappa shape index (κ3) is 1.94. The monoisotopic (exact) mass is 220 g/mol. The Bertz CT molecular complexity index is 480. The molecule has 0 bridgehead atoms. The van der Waals surface area contributed by atoms with Gasteiger partial charge in [-0.05, 0) is 13.1 Å². The molecule has 0 radical (unpaired) electrons. The first-order valence-corrected chi connectivity index (χ1v) is 4.97. The summed E-state index contributed by atoms with van der Waals surface area (Å²) in [6, 6.07) is 1.47. The minimum absolute atomic E-state index is 0.198. The Morgan fingerprint density at radius 3 is 2.81 bits per heavy atom. The number of halogens is 1. The predicted molar refractivity (Wildman–Crippen MR) is 58.3 cm³/mol. The van der Waals surface area contributed by atoms with Crippen LogP contribution in [0.2, 0.25) is 0 Å². The maximum Gasteiger partial charge on any atom is 0.146 e. The average Bonchev–Trinajstić information content (AvgIpc) is 2.69. The Hall–Kier alpha value is -1.75. The second-order valence-electron chi connectivity index (χ2n) is 3.57. The molecule has 0 aliphatic heterocycles. The van der Waals surface area contributed by atoms with Crippen molar-refractivity contribution in [2.75, 3.05) is 7.05 Å². The minimum atomic E-state index is -0.314. The molecule has 1 N–H and O–H groups in total. The molecule has 2 aromatic rings. The number of hydrogen-bond acceptors (Lipinski definition) is 3. The van der Waals surface area contributed by atoms with E-state index >= 15 is 0 Å². The largest absolute Gasteiger partial charge is 0.309 e. The quantitative estimate of drug-likeness (QED) is 0.846. The third-order valence-electron chi connectivity index (χ3n) is 2.46. The number of aromatic nitrogens is 3. The van der Waals surface area contributed by atoms with E-state index in [4.69, 9.17) is 0 Å². The summed E-state index contributed by atoms with van der Waals surface area (Å²) in [5.74, 6) is -0.314. The SMILES string of the molecule is CNC(c1cnn(C)c1)c1ccncc1F. The van der Waals surface area contributed by atoms with Crippen LogP contribution in [0.15, 0.2) is 30.9 Å². The second kappa shape index (κ2) is 4.40. The van der Waals surface area contributed by atoms with E-state index in [1.54, 1.807) is 30.2 Å². The molecule has 1 unspecified atom stereocenters. The normalized spacial score (nSPS) is 12.7. The van der Waals surface area contributed by atoms with Crippen molar-refractivity contribution in [2.45, 2.75) is 6.04 Å². The summed E-state index contributed by atoms with van der Waals surface area (Å²) in [5.41, 5.74) is 1.50. The molecule has 0 aromatic carbocycles. The van der Waals surface area contributed by atoms with E-state index in [-0.39, 0.29) is 11.9 Å². The van der Waals surface area contributed by atoms with Crippen LogP contribution >= 0.6 is 0 Å². The van der Waals surface area contributed by atoms with Gasteiger partial charge in [0.1, 0.15) is 5.82 Å². The van der Waals surface area contributed by atoms with Gasteiger partial charge in [0.05, 0.1) is 18.4 Å². The van der Waals surface area contributed by atoms with Gasteiger partial charge in [-0.15, -0.1) is 0 Å². The third-order valence-corrected chi connectivity index (χ3v) is 2.46. The van der Waals surface area contributed by atoms with Crippen molar-refractivity contribution < 1.29 is 4.39 Å². The summed E-state index contributed by atoms with van der Waals surface area (Å²) in [4.78, 5) is 3.74. The Kier molecular flexibility index (Phi) is 2.96. The molecule has 0 fully saturated rings. The zero-order valence-electron chi connectivity index (χ0n) is 9.18. The fourth-order valence-corrected chi connectivity index (χ4v) is 1.71. The molecule has 2 rings (SSSR count). The van der Waals surface area contributed by atoms with Crippen LogP contribution in [0.1, 0.15) is 17.2 Å². The van der Waals surface area contributed by atoms with Crippen LogP contribution in [0.3, 0.4) is 0 Å². The first-order valence-electron chi connectivity index (χ1n) is 4.97. The first-order chi connectivity index (χ1) is 7.72. The molecule has 0 saturated heterocycles. The zero-order chi connectivity index (χ0) is 11.5. The lowest BCUT2D eigenvalue weighted by atomic mass is 10.0. The van der Waals surface area contributed by atoms with Crippen LogP contribution in [-0.2, 0) is 7.05 Å². The van der Waals surface area contributed by atoms with Crippen molar-refractivity contribution in [3.63, 3.8) is 0 Å². The Labute approximate surface area is 93.1 Å². The number of aryl methyl sites for hydroxylation is 1. The predicted octanol–water partition coefficient (Wildman–Crippen LogP) is 1.26. The summed E-state index contributed by atoms with van der Waals surface area (Å²) in [6.07, 6.45) is 6.39. The zero-order valence-corrected chi connectivity index (χ0v) is 9.18. The first kappa shape index (κ1) is 10.8. The number of rotatable bonds is 3. The Morgan fingerprint density at radius 1 is 1.44 bits per heavy atom. The molecule has 0 amide bonds. The van der Waals surface area contributed by atoms with Gasteiger partial charge >= 0.3 is 0 Å². The highest BCUT2D eigenvalue weighted by atomic mass is 19.1. The standard InChI is InChI=1S/C11H13FN4/c1-13-11(8-5-15-16(2)7-8)9-3-4-14-6-10(9)12/h3-7,11,13H,1-2H3. The van der Waals surface area contributed by atoms with Crippen molar-refractivity contribution >= 4 is 0 Å². The number of pyridine rings is 1. The second-order valence-corrected chi connectivity index (χ2v) is 3.57. The lowest BCUT2D eigenvalue weighted by molar-refractivity contribution is 0.570. The molecule has 4 nitrogen and oxygen atoms in total. The van der Waals surface area contributed by atoms with Crippen molar-refractivity contribution in [1.82, 2.24) is 20.1 Å². The van der Waals surface area contributed by atoms with E-state index in [1.807, 2.05) is 13.2 Å². The fourth-order valence-electron chi connectivity index (χ4n) is 1.71. The van der Waals surface area contributed by atoms with Crippen molar-refractivity contribution in [3.05, 3.63) is 47.8 Å². The van der Waals surface area contributed by atoms with Gasteiger partial charge in [-0.3, -0.25) is 9.67 Å². The van der Waals surface area contributed by atoms with Crippen molar-refractivity contribution in [3.8, 4) is 0 Å². The molecule has 2 heterocycles. The molecule has 1 atom stereocenters. The highest BCUT2D eigenvalue weighted by Gasteiger charge is 2.17. The van der Waals surface area contributed by atoms with Crippen LogP contribution in [0, 0.1) is 5.82 Å². The smallest absolute Gasteiger partial charge is 0.146 e. The molecular formula is C11H13FN4. The van der Waals surface area contributed by atoms with E-state index in [0.717, 1.165) is 5.56 Å². The maximum atomic E-state index is 13.6. The van der Waals surface area contributed by atoms with Gasteiger partial charge in [-0.2, -0.15) is 5.10 Å². The van der Waals surface area contributed by atoms with Crippen LogP contribution in [0.4, 0.5) is 4.39 Å². The topological polar surface area (TPSA) is 42.7 Å². The van der Waals surface area contributed by atoms with E-state index in [2.05, 4.69) is 15.4 Å². The molecule has 2 aromatic heterocycles. The summed E-state index contributed by atoms with van der Waals surface area (Å²) in [7, 11) is 3.62. The van der Waals surface area contributed by atoms with Gasteiger partial charge in [-0.1, -0.05) is 0 Å². The van der Waals surface area contributed by atoms with Crippen molar-refractivity contribution in [1.29, 1.82) is 0 Å². The van der Waals surface area contributed by atoms with E-state index in [0.29, 0.717) is 5.56 Å². The Morgan fingerprint density at radius 2 is 2.25 bits per heavy atom. The summed E-state index contributed by atoms with van der Waals surface area (Å²) in [6.45, 7) is 0. The number of hydrogen-bond donors (Lipinski definition) is 1. The number of nitrogens with one attached hydrogen (secondary N) is 1. The molecule has 84 valence electrons. The molecule has 5 heteroatoms. The fraction of sp³-hybridized carbons (Fsp3) is 0.273. The maximum absolute atomic E-state index is 13.6. The van der Waals surface area contributed by atoms with E-state index in [1.165, 1.54) is 6.20 Å². The lowest BCUT2D eigenvalue weighted by Crippen LogP contribution is -2.18. The molecule has 16 heavy (non-hydrogen) atoms.